The maximum atomic E-state index is 9.08. The number of nitriles is 1. The molecule has 0 bridgehead atoms. The summed E-state index contributed by atoms with van der Waals surface area (Å²) in [6, 6.07) is 8.38. The van der Waals surface area contributed by atoms with Crippen LogP contribution in [0.25, 0.3) is 0 Å². The summed E-state index contributed by atoms with van der Waals surface area (Å²) in [7, 11) is 0. The number of hydrogen-bond acceptors (Lipinski definition) is 3. The van der Waals surface area contributed by atoms with E-state index >= 15 is 0 Å². The van der Waals surface area contributed by atoms with Gasteiger partial charge in [0.15, 0.2) is 0 Å². The third-order valence-corrected chi connectivity index (χ3v) is 3.57. The predicted molar refractivity (Wildman–Crippen MR) is 70.0 cm³/mol. The van der Waals surface area contributed by atoms with E-state index in [1.54, 1.807) is 6.07 Å². The van der Waals surface area contributed by atoms with Gasteiger partial charge in [-0.05, 0) is 37.8 Å². The lowest BCUT2D eigenvalue weighted by Gasteiger charge is -2.28. The Kier molecular flexibility index (Phi) is 3.88. The minimum Gasteiger partial charge on any atom is -0.381 e. The van der Waals surface area contributed by atoms with Gasteiger partial charge in [-0.1, -0.05) is 17.7 Å². The maximum absolute atomic E-state index is 9.08. The topological polar surface area (TPSA) is 61.8 Å². The molecule has 1 aromatic rings. The summed E-state index contributed by atoms with van der Waals surface area (Å²) < 4.78 is 0. The first-order valence-corrected chi connectivity index (χ1v) is 6.29. The second-order valence-corrected chi connectivity index (χ2v) is 4.94. The van der Waals surface area contributed by atoms with Crippen molar-refractivity contribution in [2.45, 2.75) is 37.8 Å². The zero-order valence-electron chi connectivity index (χ0n) is 9.62. The number of nitrogens with one attached hydrogen (secondary N) is 1. The Labute approximate surface area is 107 Å². The Balaban J connectivity index is 2.09. The molecule has 90 valence electrons. The lowest BCUT2D eigenvalue weighted by atomic mass is 9.91. The highest BCUT2D eigenvalue weighted by Gasteiger charge is 2.19. The minimum atomic E-state index is 0.336. The van der Waals surface area contributed by atoms with Crippen LogP contribution in [0.1, 0.15) is 31.2 Å². The molecule has 1 aliphatic carbocycles. The summed E-state index contributed by atoms with van der Waals surface area (Å²) in [5.41, 5.74) is 7.23. The van der Waals surface area contributed by atoms with Gasteiger partial charge in [0.05, 0.1) is 16.3 Å². The van der Waals surface area contributed by atoms with E-state index < -0.39 is 0 Å². The molecule has 17 heavy (non-hydrogen) atoms. The lowest BCUT2D eigenvalue weighted by Crippen LogP contribution is -2.32. The van der Waals surface area contributed by atoms with Gasteiger partial charge in [-0.15, -0.1) is 0 Å². The van der Waals surface area contributed by atoms with Gasteiger partial charge in [-0.3, -0.25) is 0 Å². The van der Waals surface area contributed by atoms with Gasteiger partial charge in [0.1, 0.15) is 6.07 Å². The first-order valence-electron chi connectivity index (χ1n) is 5.91. The van der Waals surface area contributed by atoms with Crippen LogP contribution in [0.3, 0.4) is 0 Å². The Morgan fingerprint density at radius 2 is 2.00 bits per heavy atom. The van der Waals surface area contributed by atoms with E-state index in [9.17, 15) is 0 Å². The SMILES string of the molecule is N#Cc1c(Cl)cccc1NC1CCC(N)CC1. The van der Waals surface area contributed by atoms with Crippen molar-refractivity contribution in [3.63, 3.8) is 0 Å². The fourth-order valence-electron chi connectivity index (χ4n) is 2.24. The first-order chi connectivity index (χ1) is 8.20. The molecule has 0 saturated heterocycles. The van der Waals surface area contributed by atoms with E-state index in [4.69, 9.17) is 22.6 Å². The van der Waals surface area contributed by atoms with E-state index in [0.29, 0.717) is 22.7 Å². The van der Waals surface area contributed by atoms with Gasteiger partial charge in [-0.2, -0.15) is 5.26 Å². The van der Waals surface area contributed by atoms with Crippen molar-refractivity contribution < 1.29 is 0 Å². The van der Waals surface area contributed by atoms with E-state index in [-0.39, 0.29) is 0 Å². The first kappa shape index (κ1) is 12.2. The fourth-order valence-corrected chi connectivity index (χ4v) is 2.46. The van der Waals surface area contributed by atoms with Crippen LogP contribution in [0.15, 0.2) is 18.2 Å². The molecule has 0 aliphatic heterocycles. The van der Waals surface area contributed by atoms with Crippen LogP contribution in [0.4, 0.5) is 5.69 Å². The van der Waals surface area contributed by atoms with Crippen LogP contribution in [-0.4, -0.2) is 12.1 Å². The molecule has 0 radical (unpaired) electrons. The highest BCUT2D eigenvalue weighted by atomic mass is 35.5. The standard InChI is InChI=1S/C13H16ClN3/c14-12-2-1-3-13(11(12)8-15)17-10-6-4-9(16)5-7-10/h1-3,9-10,17H,4-7,16H2. The second kappa shape index (κ2) is 5.39. The summed E-state index contributed by atoms with van der Waals surface area (Å²) in [4.78, 5) is 0. The predicted octanol–water partition coefficient (Wildman–Crippen LogP) is 2.89. The Morgan fingerprint density at radius 3 is 2.65 bits per heavy atom. The van der Waals surface area contributed by atoms with Crippen molar-refractivity contribution in [2.75, 3.05) is 5.32 Å². The number of halogens is 1. The third kappa shape index (κ3) is 2.91. The molecule has 3 nitrogen and oxygen atoms in total. The molecule has 0 unspecified atom stereocenters. The van der Waals surface area contributed by atoms with E-state index in [0.717, 1.165) is 31.4 Å². The zero-order chi connectivity index (χ0) is 12.3. The Bertz CT molecular complexity index is 431. The Hall–Kier alpha value is -1.24. The molecule has 1 fully saturated rings. The quantitative estimate of drug-likeness (QED) is 0.847. The highest BCUT2D eigenvalue weighted by Crippen LogP contribution is 2.27. The van der Waals surface area contributed by atoms with Crippen molar-refractivity contribution in [1.82, 2.24) is 0 Å². The summed E-state index contributed by atoms with van der Waals surface area (Å²) in [5, 5.41) is 13.0. The minimum absolute atomic E-state index is 0.336. The molecule has 3 N–H and O–H groups in total. The number of benzene rings is 1. The van der Waals surface area contributed by atoms with Crippen molar-refractivity contribution in [3.8, 4) is 6.07 Å². The molecule has 4 heteroatoms. The van der Waals surface area contributed by atoms with E-state index in [2.05, 4.69) is 11.4 Å². The van der Waals surface area contributed by atoms with E-state index in [1.165, 1.54) is 0 Å². The van der Waals surface area contributed by atoms with E-state index in [1.807, 2.05) is 12.1 Å². The molecule has 1 saturated carbocycles. The van der Waals surface area contributed by atoms with Gasteiger partial charge in [0.2, 0.25) is 0 Å². The highest BCUT2D eigenvalue weighted by molar-refractivity contribution is 6.32. The molecular weight excluding hydrogens is 234 g/mol. The number of anilines is 1. The molecule has 0 spiro atoms. The fraction of sp³-hybridized carbons (Fsp3) is 0.462. The summed E-state index contributed by atoms with van der Waals surface area (Å²) in [6.07, 6.45) is 4.19. The molecule has 2 rings (SSSR count). The average molecular weight is 250 g/mol. The van der Waals surface area contributed by atoms with Gasteiger partial charge >= 0.3 is 0 Å². The second-order valence-electron chi connectivity index (χ2n) is 4.53. The van der Waals surface area contributed by atoms with Gasteiger partial charge in [0.25, 0.3) is 0 Å². The normalized spacial score (nSPS) is 24.1. The summed E-state index contributed by atoms with van der Waals surface area (Å²) in [5.74, 6) is 0. The van der Waals surface area contributed by atoms with Crippen LogP contribution < -0.4 is 11.1 Å². The Morgan fingerprint density at radius 1 is 1.29 bits per heavy atom. The van der Waals surface area contributed by atoms with Gasteiger partial charge in [-0.25, -0.2) is 0 Å². The van der Waals surface area contributed by atoms with Crippen molar-refractivity contribution in [2.24, 2.45) is 5.73 Å². The van der Waals surface area contributed by atoms with Gasteiger partial charge < -0.3 is 11.1 Å². The third-order valence-electron chi connectivity index (χ3n) is 3.26. The molecule has 0 amide bonds. The van der Waals surface area contributed by atoms with Crippen molar-refractivity contribution in [1.29, 1.82) is 5.26 Å². The zero-order valence-corrected chi connectivity index (χ0v) is 10.4. The van der Waals surface area contributed by atoms with Crippen molar-refractivity contribution in [3.05, 3.63) is 28.8 Å². The van der Waals surface area contributed by atoms with Crippen molar-refractivity contribution >= 4 is 17.3 Å². The molecule has 1 aliphatic rings. The van der Waals surface area contributed by atoms with Crippen LogP contribution >= 0.6 is 11.6 Å². The largest absolute Gasteiger partial charge is 0.381 e. The molecule has 0 heterocycles. The summed E-state index contributed by atoms with van der Waals surface area (Å²) in [6.45, 7) is 0. The number of rotatable bonds is 2. The molecule has 1 aromatic carbocycles. The number of nitrogens with two attached hydrogens (primary N) is 1. The van der Waals surface area contributed by atoms with Crippen LogP contribution in [0, 0.1) is 11.3 Å². The number of hydrogen-bond donors (Lipinski definition) is 2. The van der Waals surface area contributed by atoms with Crippen LogP contribution in [-0.2, 0) is 0 Å². The molecular formula is C13H16ClN3. The summed E-state index contributed by atoms with van der Waals surface area (Å²) >= 11 is 5.99. The van der Waals surface area contributed by atoms with Gasteiger partial charge in [0, 0.05) is 12.1 Å². The lowest BCUT2D eigenvalue weighted by molar-refractivity contribution is 0.411. The van der Waals surface area contributed by atoms with Crippen LogP contribution in [0.2, 0.25) is 5.02 Å². The van der Waals surface area contributed by atoms with Crippen LogP contribution in [0.5, 0.6) is 0 Å². The number of nitrogens with zero attached hydrogens (tertiary/aromatic N) is 1. The monoisotopic (exact) mass is 249 g/mol. The smallest absolute Gasteiger partial charge is 0.103 e. The maximum Gasteiger partial charge on any atom is 0.103 e. The average Bonchev–Trinajstić information content (AvgIpc) is 2.32. The molecule has 0 aromatic heterocycles. The molecule has 0 atom stereocenters.